The fourth-order valence-electron chi connectivity index (χ4n) is 5.14. The molecule has 4 rings (SSSR count). The number of H-pyrrole nitrogens is 1. The number of fused-ring (bicyclic) bond motifs is 1. The molecular weight excluding hydrogens is 258 g/mol. The van der Waals surface area contributed by atoms with E-state index < -0.39 is 0 Å². The van der Waals surface area contributed by atoms with Gasteiger partial charge in [0.15, 0.2) is 5.82 Å². The summed E-state index contributed by atoms with van der Waals surface area (Å²) in [5.41, 5.74) is 0. The van der Waals surface area contributed by atoms with E-state index in [2.05, 4.69) is 10.2 Å². The van der Waals surface area contributed by atoms with E-state index in [1.807, 2.05) is 0 Å². The largest absolute Gasteiger partial charge is 0.263 e. The summed E-state index contributed by atoms with van der Waals surface area (Å²) in [4.78, 5) is 4.93. The lowest BCUT2D eigenvalue weighted by Crippen LogP contribution is -2.27. The van der Waals surface area contributed by atoms with Crippen molar-refractivity contribution in [2.45, 2.75) is 88.9 Å². The first-order valence-corrected chi connectivity index (χ1v) is 9.32. The van der Waals surface area contributed by atoms with Gasteiger partial charge in [-0.25, -0.2) is 4.98 Å². The molecule has 0 spiro atoms. The van der Waals surface area contributed by atoms with Gasteiger partial charge in [-0.05, 0) is 43.9 Å². The van der Waals surface area contributed by atoms with Crippen molar-refractivity contribution >= 4 is 0 Å². The molecule has 0 radical (unpaired) electrons. The Morgan fingerprint density at radius 2 is 1.48 bits per heavy atom. The Morgan fingerprint density at radius 1 is 0.714 bits per heavy atom. The zero-order valence-electron chi connectivity index (χ0n) is 13.2. The average molecular weight is 287 g/mol. The number of aromatic nitrogens is 3. The van der Waals surface area contributed by atoms with Crippen molar-refractivity contribution in [2.24, 2.45) is 11.8 Å². The molecule has 0 aliphatic heterocycles. The van der Waals surface area contributed by atoms with Crippen molar-refractivity contribution in [3.05, 3.63) is 11.6 Å². The maximum atomic E-state index is 4.93. The molecule has 3 heteroatoms. The van der Waals surface area contributed by atoms with Crippen LogP contribution in [0.5, 0.6) is 0 Å². The molecule has 0 bridgehead atoms. The summed E-state index contributed by atoms with van der Waals surface area (Å²) in [7, 11) is 0. The second-order valence-corrected chi connectivity index (χ2v) is 7.73. The Morgan fingerprint density at radius 3 is 2.33 bits per heavy atom. The van der Waals surface area contributed by atoms with E-state index in [4.69, 9.17) is 4.98 Å². The van der Waals surface area contributed by atoms with Crippen LogP contribution in [-0.4, -0.2) is 15.2 Å². The molecule has 3 aliphatic carbocycles. The summed E-state index contributed by atoms with van der Waals surface area (Å²) in [5.74, 6) is 5.61. The van der Waals surface area contributed by atoms with Gasteiger partial charge in [0.1, 0.15) is 5.82 Å². The number of nitrogens with one attached hydrogen (secondary N) is 1. The molecule has 1 N–H and O–H groups in total. The predicted octanol–water partition coefficient (Wildman–Crippen LogP) is 4.93. The monoisotopic (exact) mass is 287 g/mol. The molecule has 3 unspecified atom stereocenters. The van der Waals surface area contributed by atoms with Crippen LogP contribution in [0.1, 0.15) is 101 Å². The van der Waals surface area contributed by atoms with Crippen LogP contribution in [-0.2, 0) is 0 Å². The zero-order valence-corrected chi connectivity index (χ0v) is 13.2. The molecule has 3 saturated carbocycles. The van der Waals surface area contributed by atoms with Crippen molar-refractivity contribution in [2.75, 3.05) is 0 Å². The Bertz CT molecular complexity index is 461. The van der Waals surface area contributed by atoms with Gasteiger partial charge in [0, 0.05) is 11.8 Å². The highest BCUT2D eigenvalue weighted by atomic mass is 15.2. The van der Waals surface area contributed by atoms with Gasteiger partial charge in [-0.2, -0.15) is 5.10 Å². The average Bonchev–Trinajstić information content (AvgIpc) is 3.05. The van der Waals surface area contributed by atoms with Gasteiger partial charge in [-0.3, -0.25) is 5.10 Å². The van der Waals surface area contributed by atoms with Gasteiger partial charge in [0.2, 0.25) is 0 Å². The molecule has 1 aromatic heterocycles. The van der Waals surface area contributed by atoms with Crippen LogP contribution in [0.4, 0.5) is 0 Å². The molecule has 3 atom stereocenters. The van der Waals surface area contributed by atoms with E-state index in [9.17, 15) is 0 Å². The van der Waals surface area contributed by atoms with E-state index in [1.54, 1.807) is 0 Å². The molecule has 0 amide bonds. The molecule has 1 heterocycles. The summed E-state index contributed by atoms with van der Waals surface area (Å²) in [6.07, 6.45) is 16.7. The van der Waals surface area contributed by atoms with Crippen LogP contribution in [0.3, 0.4) is 0 Å². The highest BCUT2D eigenvalue weighted by Gasteiger charge is 2.34. The highest BCUT2D eigenvalue weighted by Crippen LogP contribution is 2.45. The first-order chi connectivity index (χ1) is 10.4. The maximum absolute atomic E-state index is 4.93. The molecule has 3 aliphatic rings. The van der Waals surface area contributed by atoms with Crippen molar-refractivity contribution in [1.29, 1.82) is 0 Å². The number of hydrogen-bond acceptors (Lipinski definition) is 2. The van der Waals surface area contributed by atoms with Crippen molar-refractivity contribution in [3.8, 4) is 0 Å². The van der Waals surface area contributed by atoms with Gasteiger partial charge in [0.25, 0.3) is 0 Å². The van der Waals surface area contributed by atoms with Crippen LogP contribution >= 0.6 is 0 Å². The maximum Gasteiger partial charge on any atom is 0.153 e. The molecule has 0 saturated heterocycles. The van der Waals surface area contributed by atoms with Gasteiger partial charge in [-0.1, -0.05) is 44.9 Å². The second-order valence-electron chi connectivity index (χ2n) is 7.73. The van der Waals surface area contributed by atoms with E-state index >= 15 is 0 Å². The van der Waals surface area contributed by atoms with Gasteiger partial charge in [0.05, 0.1) is 0 Å². The van der Waals surface area contributed by atoms with Crippen molar-refractivity contribution in [3.63, 3.8) is 0 Å². The molecule has 0 aromatic carbocycles. The Kier molecular flexibility index (Phi) is 4.00. The number of aromatic amines is 1. The van der Waals surface area contributed by atoms with Gasteiger partial charge in [-0.15, -0.1) is 0 Å². The Labute approximate surface area is 128 Å². The minimum atomic E-state index is 0.637. The number of rotatable bonds is 2. The lowest BCUT2D eigenvalue weighted by atomic mass is 9.67. The fourth-order valence-corrected chi connectivity index (χ4v) is 5.14. The summed E-state index contributed by atoms with van der Waals surface area (Å²) in [5, 5.41) is 7.90. The molecule has 21 heavy (non-hydrogen) atoms. The van der Waals surface area contributed by atoms with Crippen LogP contribution in [0.15, 0.2) is 0 Å². The van der Waals surface area contributed by atoms with E-state index in [0.29, 0.717) is 11.8 Å². The topological polar surface area (TPSA) is 41.6 Å². The quantitative estimate of drug-likeness (QED) is 0.838. The van der Waals surface area contributed by atoms with Crippen LogP contribution in [0.2, 0.25) is 0 Å². The fraction of sp³-hybridized carbons (Fsp3) is 0.889. The second kappa shape index (κ2) is 6.10. The Hall–Kier alpha value is -0.860. The third-order valence-corrected chi connectivity index (χ3v) is 6.42. The first-order valence-electron chi connectivity index (χ1n) is 9.32. The minimum absolute atomic E-state index is 0.637. The van der Waals surface area contributed by atoms with Crippen LogP contribution in [0, 0.1) is 11.8 Å². The summed E-state index contributed by atoms with van der Waals surface area (Å²) >= 11 is 0. The van der Waals surface area contributed by atoms with E-state index in [1.165, 1.54) is 82.9 Å². The van der Waals surface area contributed by atoms with Gasteiger partial charge < -0.3 is 0 Å². The van der Waals surface area contributed by atoms with E-state index in [-0.39, 0.29) is 0 Å². The van der Waals surface area contributed by atoms with Crippen molar-refractivity contribution < 1.29 is 0 Å². The van der Waals surface area contributed by atoms with E-state index in [0.717, 1.165) is 17.7 Å². The third-order valence-electron chi connectivity index (χ3n) is 6.42. The normalized spacial score (nSPS) is 34.6. The standard InChI is InChI=1S/C18H29N3/c1-2-7-14(8-3-1)17-19-18(21-20-17)16-11-10-13-6-4-5-9-15(13)12-16/h13-16H,1-12H2,(H,19,20,21). The SMILES string of the molecule is C1CCC(c2nc(C3CCC4CCCCC4C3)n[nH]2)CC1. The summed E-state index contributed by atoms with van der Waals surface area (Å²) < 4.78 is 0. The van der Waals surface area contributed by atoms with Gasteiger partial charge >= 0.3 is 0 Å². The molecular formula is C18H29N3. The first kappa shape index (κ1) is 13.8. The molecule has 1 aromatic rings. The molecule has 3 nitrogen and oxygen atoms in total. The van der Waals surface area contributed by atoms with Crippen LogP contribution in [0.25, 0.3) is 0 Å². The van der Waals surface area contributed by atoms with Crippen molar-refractivity contribution in [1.82, 2.24) is 15.2 Å². The summed E-state index contributed by atoms with van der Waals surface area (Å²) in [6.45, 7) is 0. The number of nitrogens with zero attached hydrogens (tertiary/aromatic N) is 2. The predicted molar refractivity (Wildman–Crippen MR) is 84.2 cm³/mol. The third kappa shape index (κ3) is 2.89. The lowest BCUT2D eigenvalue weighted by molar-refractivity contribution is 0.153. The zero-order chi connectivity index (χ0) is 14.1. The Balaban J connectivity index is 1.43. The lowest BCUT2D eigenvalue weighted by Gasteiger charge is -2.38. The minimum Gasteiger partial charge on any atom is -0.263 e. The smallest absolute Gasteiger partial charge is 0.153 e. The molecule has 116 valence electrons. The number of hydrogen-bond donors (Lipinski definition) is 1. The highest BCUT2D eigenvalue weighted by molar-refractivity contribution is 5.05. The van der Waals surface area contributed by atoms with Crippen LogP contribution < -0.4 is 0 Å². The molecule has 3 fully saturated rings. The summed E-state index contributed by atoms with van der Waals surface area (Å²) in [6, 6.07) is 0.